The van der Waals surface area contributed by atoms with E-state index < -0.39 is 16.0 Å². The van der Waals surface area contributed by atoms with Crippen molar-refractivity contribution in [2.75, 3.05) is 13.1 Å². The minimum Gasteiger partial charge on any atom is -0.491 e. The van der Waals surface area contributed by atoms with Crippen LogP contribution < -0.4 is 4.74 Å². The Bertz CT molecular complexity index is 1310. The van der Waals surface area contributed by atoms with Gasteiger partial charge in [0.25, 0.3) is 0 Å². The van der Waals surface area contributed by atoms with Crippen LogP contribution >= 0.6 is 0 Å². The number of nitrogens with zero attached hydrogens (tertiary/aromatic N) is 2. The largest absolute Gasteiger partial charge is 0.491 e. The van der Waals surface area contributed by atoms with Gasteiger partial charge in [0.1, 0.15) is 12.3 Å². The van der Waals surface area contributed by atoms with Gasteiger partial charge < -0.3 is 14.4 Å². The summed E-state index contributed by atoms with van der Waals surface area (Å²) in [6, 6.07) is 12.5. The van der Waals surface area contributed by atoms with Crippen LogP contribution in [-0.4, -0.2) is 47.6 Å². The van der Waals surface area contributed by atoms with E-state index in [0.29, 0.717) is 31.7 Å². The Balaban J connectivity index is 1.60. The maximum atomic E-state index is 13.3. The fourth-order valence-electron chi connectivity index (χ4n) is 4.57. The van der Waals surface area contributed by atoms with Crippen LogP contribution in [0.2, 0.25) is 0 Å². The third-order valence-electron chi connectivity index (χ3n) is 6.09. The molecule has 0 amide bonds. The minimum atomic E-state index is -3.64. The van der Waals surface area contributed by atoms with Gasteiger partial charge in [0.15, 0.2) is 0 Å². The zero-order chi connectivity index (χ0) is 24.5. The number of carboxylic acids is 1. The Kier molecular flexibility index (Phi) is 6.81. The molecule has 2 aromatic carbocycles. The second-order valence-electron chi connectivity index (χ2n) is 8.94. The van der Waals surface area contributed by atoms with E-state index in [-0.39, 0.29) is 23.5 Å². The van der Waals surface area contributed by atoms with Crippen LogP contribution in [0.5, 0.6) is 5.75 Å². The summed E-state index contributed by atoms with van der Waals surface area (Å²) in [5.41, 5.74) is 2.89. The summed E-state index contributed by atoms with van der Waals surface area (Å²) in [7, 11) is -3.64. The summed E-state index contributed by atoms with van der Waals surface area (Å²) in [5.74, 6) is -0.297. The van der Waals surface area contributed by atoms with E-state index in [1.165, 1.54) is 4.31 Å². The first-order valence-electron chi connectivity index (χ1n) is 11.4. The monoisotopic (exact) mass is 482 g/mol. The van der Waals surface area contributed by atoms with Crippen molar-refractivity contribution in [3.8, 4) is 5.75 Å². The van der Waals surface area contributed by atoms with Gasteiger partial charge in [-0.15, -0.1) is 6.58 Å². The first-order valence-corrected chi connectivity index (χ1v) is 12.8. The highest BCUT2D eigenvalue weighted by molar-refractivity contribution is 7.89. The molecule has 0 radical (unpaired) electrons. The molecule has 4 rings (SSSR count). The fraction of sp³-hybridized carbons (Fsp3) is 0.346. The Morgan fingerprint density at radius 1 is 1.24 bits per heavy atom. The van der Waals surface area contributed by atoms with Gasteiger partial charge in [-0.25, -0.2) is 8.42 Å². The second-order valence-corrected chi connectivity index (χ2v) is 10.9. The van der Waals surface area contributed by atoms with Crippen molar-refractivity contribution in [1.82, 2.24) is 8.87 Å². The number of ether oxygens (including phenoxy) is 1. The lowest BCUT2D eigenvalue weighted by molar-refractivity contribution is -0.137. The van der Waals surface area contributed by atoms with Crippen molar-refractivity contribution >= 4 is 26.9 Å². The molecule has 3 aromatic rings. The Hall–Kier alpha value is -3.10. The topological polar surface area (TPSA) is 88.8 Å². The molecule has 34 heavy (non-hydrogen) atoms. The number of aliphatic carboxylic acids is 1. The quantitative estimate of drug-likeness (QED) is 0.456. The molecule has 1 fully saturated rings. The molecule has 180 valence electrons. The summed E-state index contributed by atoms with van der Waals surface area (Å²) in [5, 5.41) is 10.3. The van der Waals surface area contributed by atoms with E-state index in [1.54, 1.807) is 28.8 Å². The number of fused-ring (bicyclic) bond motifs is 1. The molecule has 1 atom stereocenters. The van der Waals surface area contributed by atoms with Crippen molar-refractivity contribution in [2.45, 2.75) is 50.2 Å². The molecular weight excluding hydrogens is 452 g/mol. The Morgan fingerprint density at radius 3 is 2.62 bits per heavy atom. The van der Waals surface area contributed by atoms with Crippen LogP contribution in [0.4, 0.5) is 0 Å². The fourth-order valence-corrected chi connectivity index (χ4v) is 6.07. The molecule has 1 N–H and O–H groups in total. The molecule has 7 nitrogen and oxygen atoms in total. The van der Waals surface area contributed by atoms with Crippen molar-refractivity contribution < 1.29 is 23.1 Å². The maximum absolute atomic E-state index is 13.3. The molecule has 0 bridgehead atoms. The molecule has 8 heteroatoms. The van der Waals surface area contributed by atoms with Gasteiger partial charge in [0.05, 0.1) is 11.0 Å². The highest BCUT2D eigenvalue weighted by Crippen LogP contribution is 2.36. The summed E-state index contributed by atoms with van der Waals surface area (Å²) in [4.78, 5) is 11.7. The normalized spacial score (nSPS) is 16.9. The standard InChI is InChI=1S/C26H30N2O5S/c1-4-5-19-6-11-23-24(16-27(17-26(29)30)25(23)14-19)20-12-13-28(15-20)34(31,32)22-9-7-21(8-10-22)33-18(2)3/h4,6-11,14,16,18,20H,1,5,12-13,15,17H2,2-3H3,(H,29,30). The number of rotatable bonds is 9. The smallest absolute Gasteiger partial charge is 0.323 e. The van der Waals surface area contributed by atoms with Gasteiger partial charge in [0.2, 0.25) is 10.0 Å². The molecule has 0 saturated carbocycles. The van der Waals surface area contributed by atoms with Crippen molar-refractivity contribution in [3.05, 3.63) is 72.4 Å². The van der Waals surface area contributed by atoms with Crippen LogP contribution in [0.1, 0.15) is 37.3 Å². The van der Waals surface area contributed by atoms with Crippen LogP contribution in [0.25, 0.3) is 10.9 Å². The van der Waals surface area contributed by atoms with Gasteiger partial charge in [-0.2, -0.15) is 4.31 Å². The summed E-state index contributed by atoms with van der Waals surface area (Å²) >= 11 is 0. The summed E-state index contributed by atoms with van der Waals surface area (Å²) in [6.45, 7) is 8.24. The molecule has 2 heterocycles. The average Bonchev–Trinajstić information content (AvgIpc) is 3.39. The summed E-state index contributed by atoms with van der Waals surface area (Å²) in [6.07, 6.45) is 5.06. The van der Waals surface area contributed by atoms with Crippen molar-refractivity contribution in [3.63, 3.8) is 0 Å². The predicted molar refractivity (Wildman–Crippen MR) is 132 cm³/mol. The van der Waals surface area contributed by atoms with Crippen molar-refractivity contribution in [2.24, 2.45) is 0 Å². The van der Waals surface area contributed by atoms with E-state index >= 15 is 0 Å². The van der Waals surface area contributed by atoms with E-state index in [2.05, 4.69) is 6.58 Å². The second kappa shape index (κ2) is 9.64. The third kappa shape index (κ3) is 4.88. The first-order chi connectivity index (χ1) is 16.2. The molecule has 1 saturated heterocycles. The lowest BCUT2D eigenvalue weighted by atomic mass is 9.97. The van der Waals surface area contributed by atoms with E-state index in [4.69, 9.17) is 4.74 Å². The lowest BCUT2D eigenvalue weighted by Gasteiger charge is -2.17. The van der Waals surface area contributed by atoms with Gasteiger partial charge in [-0.3, -0.25) is 4.79 Å². The Labute approximate surface area is 200 Å². The number of carbonyl (C=O) groups is 1. The van der Waals surface area contributed by atoms with Crippen molar-refractivity contribution in [1.29, 1.82) is 0 Å². The molecule has 1 unspecified atom stereocenters. The number of benzene rings is 2. The number of hydrogen-bond donors (Lipinski definition) is 1. The molecule has 0 aliphatic carbocycles. The third-order valence-corrected chi connectivity index (χ3v) is 7.97. The molecule has 1 aliphatic heterocycles. The molecule has 0 spiro atoms. The number of hydrogen-bond acceptors (Lipinski definition) is 4. The van der Waals surface area contributed by atoms with Crippen LogP contribution in [0.3, 0.4) is 0 Å². The van der Waals surface area contributed by atoms with Crippen LogP contribution in [0.15, 0.2) is 66.2 Å². The highest BCUT2D eigenvalue weighted by atomic mass is 32.2. The van der Waals surface area contributed by atoms with E-state index in [0.717, 1.165) is 22.0 Å². The minimum absolute atomic E-state index is 0.0119. The molecule has 1 aromatic heterocycles. The van der Waals surface area contributed by atoms with Crippen LogP contribution in [0, 0.1) is 0 Å². The predicted octanol–water partition coefficient (Wildman–Crippen LogP) is 4.42. The SMILES string of the molecule is C=CCc1ccc2c(C3CCN(S(=O)(=O)c4ccc(OC(C)C)cc4)C3)cn(CC(=O)O)c2c1. The van der Waals surface area contributed by atoms with E-state index in [1.807, 2.05) is 44.3 Å². The van der Waals surface area contributed by atoms with Crippen LogP contribution in [-0.2, 0) is 27.8 Å². The van der Waals surface area contributed by atoms with Gasteiger partial charge in [-0.05, 0) is 68.1 Å². The van der Waals surface area contributed by atoms with Gasteiger partial charge in [-0.1, -0.05) is 18.2 Å². The Morgan fingerprint density at radius 2 is 1.97 bits per heavy atom. The number of aromatic nitrogens is 1. The lowest BCUT2D eigenvalue weighted by Crippen LogP contribution is -2.28. The zero-order valence-corrected chi connectivity index (χ0v) is 20.3. The maximum Gasteiger partial charge on any atom is 0.323 e. The average molecular weight is 483 g/mol. The first kappa shape index (κ1) is 24.0. The number of sulfonamides is 1. The van der Waals surface area contributed by atoms with Gasteiger partial charge >= 0.3 is 5.97 Å². The van der Waals surface area contributed by atoms with E-state index in [9.17, 15) is 18.3 Å². The summed E-state index contributed by atoms with van der Waals surface area (Å²) < 4.78 is 35.4. The number of allylic oxidation sites excluding steroid dienone is 1. The molecular formula is C26H30N2O5S. The molecule has 1 aliphatic rings. The van der Waals surface area contributed by atoms with Gasteiger partial charge in [0, 0.05) is 36.1 Å². The number of carboxylic acid groups (broad SMARTS) is 1. The zero-order valence-electron chi connectivity index (χ0n) is 19.5. The highest BCUT2D eigenvalue weighted by Gasteiger charge is 2.34.